The molecule has 0 aliphatic rings. The molecule has 5 nitrogen and oxygen atoms in total. The number of hydrogen-bond donors (Lipinski definition) is 1. The van der Waals surface area contributed by atoms with Crippen LogP contribution >= 0.6 is 0 Å². The molecule has 2 aromatic rings. The van der Waals surface area contributed by atoms with Gasteiger partial charge in [0.1, 0.15) is 5.75 Å². The SMILES string of the molecule is COc1ccc(N)c(Oc2ccc(C)nn2)c1. The monoisotopic (exact) mass is 231 g/mol. The Morgan fingerprint density at radius 3 is 2.59 bits per heavy atom. The molecule has 5 heteroatoms. The molecule has 0 atom stereocenters. The van der Waals surface area contributed by atoms with Crippen molar-refractivity contribution in [2.24, 2.45) is 0 Å². The van der Waals surface area contributed by atoms with Crippen molar-refractivity contribution in [2.45, 2.75) is 6.92 Å². The van der Waals surface area contributed by atoms with Crippen LogP contribution in [0.4, 0.5) is 5.69 Å². The lowest BCUT2D eigenvalue weighted by Crippen LogP contribution is -1.96. The zero-order valence-electron chi connectivity index (χ0n) is 9.68. The zero-order valence-corrected chi connectivity index (χ0v) is 9.68. The molecule has 0 spiro atoms. The second-order valence-electron chi connectivity index (χ2n) is 3.52. The molecule has 17 heavy (non-hydrogen) atoms. The molecule has 0 saturated carbocycles. The topological polar surface area (TPSA) is 70.3 Å². The minimum atomic E-state index is 0.399. The van der Waals surface area contributed by atoms with Crippen LogP contribution in [-0.2, 0) is 0 Å². The van der Waals surface area contributed by atoms with E-state index in [0.717, 1.165) is 5.69 Å². The van der Waals surface area contributed by atoms with Gasteiger partial charge in [0.25, 0.3) is 0 Å². The lowest BCUT2D eigenvalue weighted by Gasteiger charge is -2.08. The summed E-state index contributed by atoms with van der Waals surface area (Å²) >= 11 is 0. The van der Waals surface area contributed by atoms with Crippen molar-refractivity contribution in [1.29, 1.82) is 0 Å². The number of methoxy groups -OCH3 is 1. The molecule has 0 aliphatic heterocycles. The Balaban J connectivity index is 2.25. The summed E-state index contributed by atoms with van der Waals surface area (Å²) < 4.78 is 10.6. The maximum Gasteiger partial charge on any atom is 0.238 e. The number of anilines is 1. The van der Waals surface area contributed by atoms with Gasteiger partial charge in [0.2, 0.25) is 5.88 Å². The van der Waals surface area contributed by atoms with Crippen LogP contribution in [0.25, 0.3) is 0 Å². The fourth-order valence-corrected chi connectivity index (χ4v) is 1.28. The average Bonchev–Trinajstić information content (AvgIpc) is 2.35. The zero-order chi connectivity index (χ0) is 12.3. The molecule has 0 amide bonds. The van der Waals surface area contributed by atoms with Crippen molar-refractivity contribution in [2.75, 3.05) is 12.8 Å². The van der Waals surface area contributed by atoms with Crippen LogP contribution in [0.3, 0.4) is 0 Å². The number of rotatable bonds is 3. The molecule has 0 saturated heterocycles. The molecular formula is C12H13N3O2. The van der Waals surface area contributed by atoms with E-state index in [2.05, 4.69) is 10.2 Å². The maximum absolute atomic E-state index is 5.79. The van der Waals surface area contributed by atoms with Gasteiger partial charge in [-0.2, -0.15) is 5.10 Å². The van der Waals surface area contributed by atoms with E-state index in [-0.39, 0.29) is 0 Å². The lowest BCUT2D eigenvalue weighted by atomic mass is 10.3. The fraction of sp³-hybridized carbons (Fsp3) is 0.167. The van der Waals surface area contributed by atoms with E-state index >= 15 is 0 Å². The Bertz CT molecular complexity index is 512. The van der Waals surface area contributed by atoms with Crippen LogP contribution in [0.15, 0.2) is 30.3 Å². The summed E-state index contributed by atoms with van der Waals surface area (Å²) in [7, 11) is 1.58. The first-order valence-corrected chi connectivity index (χ1v) is 5.11. The number of nitrogens with zero attached hydrogens (tertiary/aromatic N) is 2. The molecule has 0 aliphatic carbocycles. The lowest BCUT2D eigenvalue weighted by molar-refractivity contribution is 0.407. The summed E-state index contributed by atoms with van der Waals surface area (Å²) in [6, 6.07) is 8.75. The molecule has 0 radical (unpaired) electrons. The maximum atomic E-state index is 5.79. The highest BCUT2D eigenvalue weighted by Gasteiger charge is 2.05. The molecule has 2 rings (SSSR count). The van der Waals surface area contributed by atoms with E-state index < -0.39 is 0 Å². The van der Waals surface area contributed by atoms with E-state index in [0.29, 0.717) is 23.1 Å². The highest BCUT2D eigenvalue weighted by Crippen LogP contribution is 2.29. The van der Waals surface area contributed by atoms with Gasteiger partial charge in [0.15, 0.2) is 5.75 Å². The number of aromatic nitrogens is 2. The number of ether oxygens (including phenoxy) is 2. The van der Waals surface area contributed by atoms with Crippen molar-refractivity contribution in [3.05, 3.63) is 36.0 Å². The Morgan fingerprint density at radius 1 is 1.12 bits per heavy atom. The molecule has 88 valence electrons. The highest BCUT2D eigenvalue weighted by molar-refractivity contribution is 5.56. The molecule has 0 fully saturated rings. The van der Waals surface area contributed by atoms with Gasteiger partial charge >= 0.3 is 0 Å². The largest absolute Gasteiger partial charge is 0.497 e. The normalized spacial score (nSPS) is 10.0. The first-order chi connectivity index (χ1) is 8.19. The third-order valence-corrected chi connectivity index (χ3v) is 2.21. The van der Waals surface area contributed by atoms with E-state index in [9.17, 15) is 0 Å². The van der Waals surface area contributed by atoms with Crippen LogP contribution in [-0.4, -0.2) is 17.3 Å². The van der Waals surface area contributed by atoms with E-state index in [1.165, 1.54) is 0 Å². The highest BCUT2D eigenvalue weighted by atomic mass is 16.5. The number of nitrogens with two attached hydrogens (primary N) is 1. The number of aryl methyl sites for hydroxylation is 1. The summed E-state index contributed by atoms with van der Waals surface area (Å²) in [5, 5.41) is 7.80. The quantitative estimate of drug-likeness (QED) is 0.820. The number of hydrogen-bond acceptors (Lipinski definition) is 5. The Labute approximate surface area is 99.2 Å². The first kappa shape index (κ1) is 11.2. The number of benzene rings is 1. The minimum absolute atomic E-state index is 0.399. The summed E-state index contributed by atoms with van der Waals surface area (Å²) in [5.74, 6) is 1.58. The van der Waals surface area contributed by atoms with E-state index in [1.54, 1.807) is 31.4 Å². The van der Waals surface area contributed by atoms with Crippen LogP contribution < -0.4 is 15.2 Å². The molecule has 0 bridgehead atoms. The molecule has 1 aromatic carbocycles. The van der Waals surface area contributed by atoms with Crippen molar-refractivity contribution in [1.82, 2.24) is 10.2 Å². The minimum Gasteiger partial charge on any atom is -0.497 e. The van der Waals surface area contributed by atoms with Crippen LogP contribution in [0.2, 0.25) is 0 Å². The molecule has 0 unspecified atom stereocenters. The molecule has 2 N–H and O–H groups in total. The smallest absolute Gasteiger partial charge is 0.238 e. The molecule has 1 aromatic heterocycles. The van der Waals surface area contributed by atoms with Crippen LogP contribution in [0.5, 0.6) is 17.4 Å². The predicted molar refractivity (Wildman–Crippen MR) is 64.2 cm³/mol. The van der Waals surface area contributed by atoms with Gasteiger partial charge in [-0.1, -0.05) is 0 Å². The molecule has 1 heterocycles. The van der Waals surface area contributed by atoms with Gasteiger partial charge in [0.05, 0.1) is 18.5 Å². The van der Waals surface area contributed by atoms with Crippen molar-refractivity contribution < 1.29 is 9.47 Å². The van der Waals surface area contributed by atoms with Crippen molar-refractivity contribution >= 4 is 5.69 Å². The first-order valence-electron chi connectivity index (χ1n) is 5.11. The Hall–Kier alpha value is -2.30. The fourth-order valence-electron chi connectivity index (χ4n) is 1.28. The van der Waals surface area contributed by atoms with Gasteiger partial charge < -0.3 is 15.2 Å². The third-order valence-electron chi connectivity index (χ3n) is 2.21. The Morgan fingerprint density at radius 2 is 1.94 bits per heavy atom. The molecular weight excluding hydrogens is 218 g/mol. The second-order valence-corrected chi connectivity index (χ2v) is 3.52. The average molecular weight is 231 g/mol. The summed E-state index contributed by atoms with van der Waals surface area (Å²) in [5.41, 5.74) is 7.14. The third kappa shape index (κ3) is 2.63. The summed E-state index contributed by atoms with van der Waals surface area (Å²) in [6.45, 7) is 1.86. The van der Waals surface area contributed by atoms with Gasteiger partial charge in [-0.25, -0.2) is 0 Å². The van der Waals surface area contributed by atoms with Crippen LogP contribution in [0.1, 0.15) is 5.69 Å². The van der Waals surface area contributed by atoms with Crippen molar-refractivity contribution in [3.63, 3.8) is 0 Å². The predicted octanol–water partition coefficient (Wildman–Crippen LogP) is 2.17. The van der Waals surface area contributed by atoms with E-state index in [4.69, 9.17) is 15.2 Å². The van der Waals surface area contributed by atoms with Gasteiger partial charge in [-0.05, 0) is 25.1 Å². The van der Waals surface area contributed by atoms with Gasteiger partial charge in [-0.15, -0.1) is 5.10 Å². The van der Waals surface area contributed by atoms with Gasteiger partial charge in [0, 0.05) is 12.1 Å². The van der Waals surface area contributed by atoms with Crippen molar-refractivity contribution in [3.8, 4) is 17.4 Å². The second kappa shape index (κ2) is 4.69. The van der Waals surface area contributed by atoms with E-state index in [1.807, 2.05) is 13.0 Å². The standard InChI is InChI=1S/C12H13N3O2/c1-8-3-6-12(15-14-8)17-11-7-9(16-2)4-5-10(11)13/h3-7H,13H2,1-2H3. The van der Waals surface area contributed by atoms with Gasteiger partial charge in [-0.3, -0.25) is 0 Å². The number of nitrogen functional groups attached to an aromatic ring is 1. The van der Waals surface area contributed by atoms with Crippen LogP contribution in [0, 0.1) is 6.92 Å². The summed E-state index contributed by atoms with van der Waals surface area (Å²) in [6.07, 6.45) is 0. The summed E-state index contributed by atoms with van der Waals surface area (Å²) in [4.78, 5) is 0. The Kier molecular flexibility index (Phi) is 3.09.